The predicted octanol–water partition coefficient (Wildman–Crippen LogP) is 3.40. The van der Waals surface area contributed by atoms with Crippen molar-refractivity contribution in [1.82, 2.24) is 0 Å². The summed E-state index contributed by atoms with van der Waals surface area (Å²) in [6.45, 7) is -0.570. The lowest BCUT2D eigenvalue weighted by molar-refractivity contribution is 0.0312. The van der Waals surface area contributed by atoms with Crippen molar-refractivity contribution >= 4 is 11.6 Å². The van der Waals surface area contributed by atoms with E-state index < -0.39 is 11.3 Å². The molecule has 0 saturated carbocycles. The van der Waals surface area contributed by atoms with Crippen molar-refractivity contribution in [3.05, 3.63) is 35.4 Å². The molecule has 0 heterocycles. The lowest BCUT2D eigenvalue weighted by Crippen LogP contribution is -2.28. The molecule has 0 saturated heterocycles. The van der Waals surface area contributed by atoms with Gasteiger partial charge in [0.1, 0.15) is 0 Å². The van der Waals surface area contributed by atoms with Gasteiger partial charge >= 0.3 is 0 Å². The van der Waals surface area contributed by atoms with Gasteiger partial charge in [-0.1, -0.05) is 29.8 Å². The minimum atomic E-state index is -2.88. The Balaban J connectivity index is 2.94. The Morgan fingerprint density at radius 3 is 2.47 bits per heavy atom. The molecule has 0 spiro atoms. The van der Waals surface area contributed by atoms with Crippen molar-refractivity contribution < 1.29 is 19.0 Å². The Morgan fingerprint density at radius 2 is 1.84 bits per heavy atom. The van der Waals surface area contributed by atoms with E-state index in [0.29, 0.717) is 11.5 Å². The normalized spacial score (nSPS) is 29.4. The first kappa shape index (κ1) is 16.3. The lowest BCUT2D eigenvalue weighted by Gasteiger charge is -2.26. The number of halogens is 3. The Morgan fingerprint density at radius 1 is 1.16 bits per heavy atom. The SMILES string of the molecule is OCC1(CO)/C=C/C=C(/Cl)C/C=C/C(F)(F)CCC1. The van der Waals surface area contributed by atoms with Gasteiger partial charge in [0.05, 0.1) is 13.2 Å². The second kappa shape index (κ2) is 7.17. The second-order valence-electron chi connectivity index (χ2n) is 4.87. The number of alkyl halides is 2. The standard InChI is InChI=1S/C14H19ClF2O2/c15-12-4-1-6-13(10-18,11-19)7-3-9-14(16,17)8-2-5-12/h1-2,4,6,8,18-19H,3,5,7,9-11H2/b6-1+,8-2+,12-4+. The van der Waals surface area contributed by atoms with Gasteiger partial charge in [0.15, 0.2) is 0 Å². The molecular weight excluding hydrogens is 274 g/mol. The van der Waals surface area contributed by atoms with Crippen LogP contribution < -0.4 is 0 Å². The third kappa shape index (κ3) is 5.43. The molecule has 19 heavy (non-hydrogen) atoms. The van der Waals surface area contributed by atoms with Gasteiger partial charge in [0.25, 0.3) is 5.92 Å². The fourth-order valence-corrected chi connectivity index (χ4v) is 2.09. The van der Waals surface area contributed by atoms with Gasteiger partial charge in [-0.25, -0.2) is 8.78 Å². The quantitative estimate of drug-likeness (QED) is 0.766. The summed E-state index contributed by atoms with van der Waals surface area (Å²) < 4.78 is 27.0. The van der Waals surface area contributed by atoms with Crippen molar-refractivity contribution in [1.29, 1.82) is 0 Å². The molecule has 2 nitrogen and oxygen atoms in total. The van der Waals surface area contributed by atoms with Crippen LogP contribution >= 0.6 is 11.6 Å². The van der Waals surface area contributed by atoms with Crippen LogP contribution in [0.2, 0.25) is 0 Å². The molecule has 0 fully saturated rings. The van der Waals surface area contributed by atoms with Crippen molar-refractivity contribution in [2.75, 3.05) is 13.2 Å². The van der Waals surface area contributed by atoms with Crippen molar-refractivity contribution in [3.63, 3.8) is 0 Å². The van der Waals surface area contributed by atoms with E-state index in [1.54, 1.807) is 18.2 Å². The summed E-state index contributed by atoms with van der Waals surface area (Å²) in [6.07, 6.45) is 7.57. The molecular formula is C14H19ClF2O2. The summed E-state index contributed by atoms with van der Waals surface area (Å²) in [5.41, 5.74) is -0.868. The number of allylic oxidation sites excluding steroid dienone is 5. The number of aliphatic hydroxyl groups excluding tert-OH is 2. The third-order valence-electron chi connectivity index (χ3n) is 3.22. The predicted molar refractivity (Wildman–Crippen MR) is 72.2 cm³/mol. The highest BCUT2D eigenvalue weighted by Gasteiger charge is 2.29. The average molecular weight is 293 g/mol. The average Bonchev–Trinajstić information content (AvgIpc) is 2.35. The summed E-state index contributed by atoms with van der Waals surface area (Å²) >= 11 is 5.87. The zero-order valence-corrected chi connectivity index (χ0v) is 11.4. The topological polar surface area (TPSA) is 40.5 Å². The van der Waals surface area contributed by atoms with E-state index in [9.17, 15) is 19.0 Å². The molecule has 1 aliphatic carbocycles. The smallest absolute Gasteiger partial charge is 0.266 e. The number of hydrogen-bond acceptors (Lipinski definition) is 2. The number of hydrogen-bond donors (Lipinski definition) is 2. The molecule has 0 bridgehead atoms. The van der Waals surface area contributed by atoms with Crippen LogP contribution in [-0.2, 0) is 0 Å². The summed E-state index contributed by atoms with van der Waals surface area (Å²) in [5.74, 6) is -2.88. The van der Waals surface area contributed by atoms with E-state index >= 15 is 0 Å². The zero-order valence-electron chi connectivity index (χ0n) is 10.7. The zero-order chi connectivity index (χ0) is 14.4. The summed E-state index contributed by atoms with van der Waals surface area (Å²) in [4.78, 5) is 0. The molecule has 1 aliphatic rings. The van der Waals surface area contributed by atoms with Crippen molar-refractivity contribution in [2.45, 2.75) is 31.6 Å². The molecule has 108 valence electrons. The molecule has 0 atom stereocenters. The van der Waals surface area contributed by atoms with Crippen LogP contribution in [0.25, 0.3) is 0 Å². The van der Waals surface area contributed by atoms with Crippen LogP contribution in [0.1, 0.15) is 25.7 Å². The van der Waals surface area contributed by atoms with Gasteiger partial charge in [-0.05, 0) is 25.0 Å². The fraction of sp³-hybridized carbons (Fsp3) is 0.571. The highest BCUT2D eigenvalue weighted by molar-refractivity contribution is 6.29. The highest BCUT2D eigenvalue weighted by Crippen LogP contribution is 2.31. The monoisotopic (exact) mass is 292 g/mol. The van der Waals surface area contributed by atoms with Gasteiger partial charge in [-0.15, -0.1) is 0 Å². The first-order valence-electron chi connectivity index (χ1n) is 6.24. The molecule has 0 aliphatic heterocycles. The van der Waals surface area contributed by atoms with Crippen LogP contribution in [-0.4, -0.2) is 29.3 Å². The molecule has 0 aromatic rings. The van der Waals surface area contributed by atoms with Crippen LogP contribution in [0.3, 0.4) is 0 Å². The minimum absolute atomic E-state index is 0.222. The summed E-state index contributed by atoms with van der Waals surface area (Å²) in [5, 5.41) is 19.2. The second-order valence-corrected chi connectivity index (χ2v) is 5.36. The maximum atomic E-state index is 13.5. The van der Waals surface area contributed by atoms with Crippen LogP contribution in [0, 0.1) is 5.41 Å². The molecule has 5 heteroatoms. The molecule has 0 aromatic heterocycles. The van der Waals surface area contributed by atoms with E-state index in [1.807, 2.05) is 0 Å². The Hall–Kier alpha value is -0.710. The van der Waals surface area contributed by atoms with Crippen LogP contribution in [0.15, 0.2) is 35.4 Å². The van der Waals surface area contributed by atoms with E-state index in [0.717, 1.165) is 6.08 Å². The fourth-order valence-electron chi connectivity index (χ4n) is 1.92. The van der Waals surface area contributed by atoms with Crippen molar-refractivity contribution in [3.8, 4) is 0 Å². The number of aliphatic hydroxyl groups is 2. The maximum absolute atomic E-state index is 13.5. The minimum Gasteiger partial charge on any atom is -0.395 e. The maximum Gasteiger partial charge on any atom is 0.266 e. The highest BCUT2D eigenvalue weighted by atomic mass is 35.5. The van der Waals surface area contributed by atoms with E-state index in [2.05, 4.69) is 0 Å². The number of rotatable bonds is 2. The first-order valence-corrected chi connectivity index (χ1v) is 6.62. The van der Waals surface area contributed by atoms with Gasteiger partial charge in [0.2, 0.25) is 0 Å². The van der Waals surface area contributed by atoms with Crippen molar-refractivity contribution in [2.24, 2.45) is 5.41 Å². The van der Waals surface area contributed by atoms with Gasteiger partial charge < -0.3 is 10.2 Å². The van der Waals surface area contributed by atoms with Crippen LogP contribution in [0.5, 0.6) is 0 Å². The molecule has 0 aromatic carbocycles. The first-order chi connectivity index (χ1) is 8.93. The molecule has 0 unspecified atom stereocenters. The molecule has 2 N–H and O–H groups in total. The third-order valence-corrected chi connectivity index (χ3v) is 3.50. The van der Waals surface area contributed by atoms with E-state index in [-0.39, 0.29) is 32.5 Å². The summed E-state index contributed by atoms with van der Waals surface area (Å²) in [6, 6.07) is 0. The summed E-state index contributed by atoms with van der Waals surface area (Å²) in [7, 11) is 0. The van der Waals surface area contributed by atoms with Crippen LogP contribution in [0.4, 0.5) is 8.78 Å². The van der Waals surface area contributed by atoms with E-state index in [1.165, 1.54) is 6.08 Å². The Labute approximate surface area is 117 Å². The van der Waals surface area contributed by atoms with Gasteiger partial charge in [0, 0.05) is 23.3 Å². The Bertz CT molecular complexity index is 372. The Kier molecular flexibility index (Phi) is 6.17. The largest absolute Gasteiger partial charge is 0.395 e. The van der Waals surface area contributed by atoms with E-state index in [4.69, 9.17) is 11.6 Å². The molecule has 1 rings (SSSR count). The van der Waals surface area contributed by atoms with Gasteiger partial charge in [-0.3, -0.25) is 0 Å². The molecule has 0 radical (unpaired) electrons. The lowest BCUT2D eigenvalue weighted by atomic mass is 9.83. The molecule has 0 amide bonds. The van der Waals surface area contributed by atoms with Gasteiger partial charge in [-0.2, -0.15) is 0 Å².